The molecule has 2 aliphatic carbocycles. The van der Waals surface area contributed by atoms with Crippen LogP contribution in [0, 0.1) is 0 Å². The van der Waals surface area contributed by atoms with Gasteiger partial charge in [-0.2, -0.15) is 0 Å². The molecule has 1 heterocycles. The van der Waals surface area contributed by atoms with E-state index in [0.29, 0.717) is 6.04 Å². The third kappa shape index (κ3) is 2.63. The maximum Gasteiger partial charge on any atom is 0.256 e. The van der Waals surface area contributed by atoms with Crippen molar-refractivity contribution in [1.29, 1.82) is 0 Å². The molecule has 0 saturated heterocycles. The third-order valence-electron chi connectivity index (χ3n) is 5.19. The van der Waals surface area contributed by atoms with Gasteiger partial charge in [0.2, 0.25) is 0 Å². The zero-order valence-electron chi connectivity index (χ0n) is 13.7. The molecule has 120 valence electrons. The van der Waals surface area contributed by atoms with Crippen molar-refractivity contribution >= 4 is 0 Å². The van der Waals surface area contributed by atoms with Crippen molar-refractivity contribution in [3.05, 3.63) is 57.4 Å². The van der Waals surface area contributed by atoms with Crippen LogP contribution in [0.15, 0.2) is 35.1 Å². The van der Waals surface area contributed by atoms with Crippen LogP contribution in [0.3, 0.4) is 0 Å². The van der Waals surface area contributed by atoms with Gasteiger partial charge in [-0.05, 0) is 80.3 Å². The molecule has 0 amide bonds. The van der Waals surface area contributed by atoms with Gasteiger partial charge in [0.05, 0.1) is 5.69 Å². The molecule has 3 nitrogen and oxygen atoms in total. The first-order valence-corrected chi connectivity index (χ1v) is 8.78. The van der Waals surface area contributed by atoms with Crippen molar-refractivity contribution in [2.24, 2.45) is 5.73 Å². The lowest BCUT2D eigenvalue weighted by molar-refractivity contribution is 0.679. The van der Waals surface area contributed by atoms with E-state index in [1.165, 1.54) is 36.0 Å². The molecule has 0 aliphatic heterocycles. The van der Waals surface area contributed by atoms with E-state index in [-0.39, 0.29) is 11.6 Å². The van der Waals surface area contributed by atoms with Crippen LogP contribution in [0.4, 0.5) is 0 Å². The first kappa shape index (κ1) is 14.7. The van der Waals surface area contributed by atoms with Gasteiger partial charge in [0.1, 0.15) is 0 Å². The van der Waals surface area contributed by atoms with Crippen molar-refractivity contribution in [3.63, 3.8) is 0 Å². The number of pyridine rings is 1. The summed E-state index contributed by atoms with van der Waals surface area (Å²) in [5.41, 5.74) is 11.9. The first-order chi connectivity index (χ1) is 11.1. The minimum absolute atomic E-state index is 0.0951. The van der Waals surface area contributed by atoms with Gasteiger partial charge in [-0.1, -0.05) is 12.1 Å². The van der Waals surface area contributed by atoms with Crippen LogP contribution in [0.2, 0.25) is 0 Å². The molecule has 0 bridgehead atoms. The molecule has 4 rings (SSSR count). The Balaban J connectivity index is 1.85. The van der Waals surface area contributed by atoms with Crippen molar-refractivity contribution in [3.8, 4) is 11.3 Å². The van der Waals surface area contributed by atoms with E-state index in [0.717, 1.165) is 30.5 Å². The second-order valence-electron chi connectivity index (χ2n) is 7.06. The number of nitrogens with zero attached hydrogens (tertiary/aromatic N) is 1. The van der Waals surface area contributed by atoms with E-state index in [1.54, 1.807) is 0 Å². The van der Waals surface area contributed by atoms with Crippen LogP contribution in [0.5, 0.6) is 0 Å². The fourth-order valence-electron chi connectivity index (χ4n) is 3.74. The molecule has 1 aromatic carbocycles. The summed E-state index contributed by atoms with van der Waals surface area (Å²) in [6, 6.07) is 10.9. The van der Waals surface area contributed by atoms with Gasteiger partial charge in [0.15, 0.2) is 0 Å². The van der Waals surface area contributed by atoms with Gasteiger partial charge in [-0.15, -0.1) is 0 Å². The van der Waals surface area contributed by atoms with Gasteiger partial charge in [-0.3, -0.25) is 4.79 Å². The molecule has 0 spiro atoms. The molecule has 1 saturated carbocycles. The standard InChI is InChI=1S/C20H24N2O/c1-13(21)18-10-11-19(22(20(18)23)17-8-9-17)16-7-6-14-4-2-3-5-15(14)12-16/h6-7,10-13,17H,2-5,8-9,21H2,1H3. The lowest BCUT2D eigenvalue weighted by Gasteiger charge is -2.19. The number of nitrogens with two attached hydrogens (primary N) is 1. The van der Waals surface area contributed by atoms with Gasteiger partial charge in [0.25, 0.3) is 5.56 Å². The summed E-state index contributed by atoms with van der Waals surface area (Å²) < 4.78 is 1.99. The number of aromatic nitrogens is 1. The Bertz CT molecular complexity index is 800. The van der Waals surface area contributed by atoms with Crippen molar-refractivity contribution in [2.75, 3.05) is 0 Å². The van der Waals surface area contributed by atoms with Gasteiger partial charge in [0, 0.05) is 17.6 Å². The van der Waals surface area contributed by atoms with E-state index in [4.69, 9.17) is 5.73 Å². The van der Waals surface area contributed by atoms with Crippen molar-refractivity contribution in [1.82, 2.24) is 4.57 Å². The van der Waals surface area contributed by atoms with E-state index in [1.807, 2.05) is 17.6 Å². The topological polar surface area (TPSA) is 48.0 Å². The fraction of sp³-hybridized carbons (Fsp3) is 0.450. The van der Waals surface area contributed by atoms with E-state index >= 15 is 0 Å². The molecule has 2 aliphatic rings. The molecule has 3 heteroatoms. The smallest absolute Gasteiger partial charge is 0.256 e. The Morgan fingerprint density at radius 2 is 1.83 bits per heavy atom. The Morgan fingerprint density at radius 1 is 1.09 bits per heavy atom. The van der Waals surface area contributed by atoms with E-state index in [9.17, 15) is 4.79 Å². The summed E-state index contributed by atoms with van der Waals surface area (Å²) in [7, 11) is 0. The summed E-state index contributed by atoms with van der Waals surface area (Å²) in [6.45, 7) is 1.88. The summed E-state index contributed by atoms with van der Waals surface area (Å²) in [6.07, 6.45) is 7.11. The molecule has 23 heavy (non-hydrogen) atoms. The molecular formula is C20H24N2O. The lowest BCUT2D eigenvalue weighted by Crippen LogP contribution is -2.27. The maximum absolute atomic E-state index is 12.9. The molecule has 0 radical (unpaired) electrons. The Kier molecular flexibility index (Phi) is 3.61. The van der Waals surface area contributed by atoms with Crippen LogP contribution < -0.4 is 11.3 Å². The number of hydrogen-bond donors (Lipinski definition) is 1. The number of aryl methyl sites for hydroxylation is 2. The summed E-state index contributed by atoms with van der Waals surface area (Å²) in [4.78, 5) is 12.9. The zero-order chi connectivity index (χ0) is 16.0. The molecule has 1 fully saturated rings. The summed E-state index contributed by atoms with van der Waals surface area (Å²) >= 11 is 0. The minimum atomic E-state index is -0.218. The third-order valence-corrected chi connectivity index (χ3v) is 5.19. The SMILES string of the molecule is CC(N)c1ccc(-c2ccc3c(c2)CCCC3)n(C2CC2)c1=O. The van der Waals surface area contributed by atoms with Crippen LogP contribution in [-0.2, 0) is 12.8 Å². The van der Waals surface area contributed by atoms with Crippen molar-refractivity contribution in [2.45, 2.75) is 57.5 Å². The number of hydrogen-bond acceptors (Lipinski definition) is 2. The normalized spacial score (nSPS) is 18.5. The van der Waals surface area contributed by atoms with E-state index < -0.39 is 0 Å². The van der Waals surface area contributed by atoms with Crippen LogP contribution >= 0.6 is 0 Å². The van der Waals surface area contributed by atoms with Crippen LogP contribution in [-0.4, -0.2) is 4.57 Å². The summed E-state index contributed by atoms with van der Waals surface area (Å²) in [5, 5.41) is 0. The highest BCUT2D eigenvalue weighted by molar-refractivity contribution is 5.62. The monoisotopic (exact) mass is 308 g/mol. The Hall–Kier alpha value is -1.87. The predicted octanol–water partition coefficient (Wildman–Crippen LogP) is 3.75. The molecule has 1 unspecified atom stereocenters. The number of benzene rings is 1. The second-order valence-corrected chi connectivity index (χ2v) is 7.06. The second kappa shape index (κ2) is 5.64. The number of rotatable bonds is 3. The lowest BCUT2D eigenvalue weighted by atomic mass is 9.89. The quantitative estimate of drug-likeness (QED) is 0.938. The van der Waals surface area contributed by atoms with Crippen molar-refractivity contribution < 1.29 is 0 Å². The zero-order valence-corrected chi connectivity index (χ0v) is 13.7. The average Bonchev–Trinajstić information content (AvgIpc) is 3.38. The molecule has 1 aromatic heterocycles. The largest absolute Gasteiger partial charge is 0.324 e. The van der Waals surface area contributed by atoms with Gasteiger partial charge in [-0.25, -0.2) is 0 Å². The fourth-order valence-corrected chi connectivity index (χ4v) is 3.74. The first-order valence-electron chi connectivity index (χ1n) is 8.78. The average molecular weight is 308 g/mol. The highest BCUT2D eigenvalue weighted by Crippen LogP contribution is 2.38. The predicted molar refractivity (Wildman–Crippen MR) is 93.7 cm³/mol. The Morgan fingerprint density at radius 3 is 2.52 bits per heavy atom. The highest BCUT2D eigenvalue weighted by atomic mass is 16.1. The molecule has 2 N–H and O–H groups in total. The van der Waals surface area contributed by atoms with Gasteiger partial charge < -0.3 is 10.3 Å². The highest BCUT2D eigenvalue weighted by Gasteiger charge is 2.28. The Labute approximate surface area is 137 Å². The minimum Gasteiger partial charge on any atom is -0.324 e. The summed E-state index contributed by atoms with van der Waals surface area (Å²) in [5.74, 6) is 0. The molecule has 2 aromatic rings. The molecular weight excluding hydrogens is 284 g/mol. The van der Waals surface area contributed by atoms with Crippen LogP contribution in [0.25, 0.3) is 11.3 Å². The molecule has 1 atom stereocenters. The van der Waals surface area contributed by atoms with Crippen LogP contribution in [0.1, 0.15) is 61.4 Å². The van der Waals surface area contributed by atoms with E-state index in [2.05, 4.69) is 24.3 Å². The maximum atomic E-state index is 12.9. The van der Waals surface area contributed by atoms with Gasteiger partial charge >= 0.3 is 0 Å². The number of fused-ring (bicyclic) bond motifs is 1.